The van der Waals surface area contributed by atoms with Crippen LogP contribution in [-0.2, 0) is 4.84 Å². The molecule has 1 amide bonds. The molecule has 4 aromatic carbocycles. The molecule has 2 aliphatic rings. The van der Waals surface area contributed by atoms with E-state index in [9.17, 15) is 4.79 Å². The van der Waals surface area contributed by atoms with Crippen molar-refractivity contribution in [2.45, 2.75) is 31.5 Å². The maximum absolute atomic E-state index is 12.8. The van der Waals surface area contributed by atoms with Gasteiger partial charge in [-0.3, -0.25) is 4.79 Å². The summed E-state index contributed by atoms with van der Waals surface area (Å²) in [7, 11) is 11.0. The van der Waals surface area contributed by atoms with Crippen molar-refractivity contribution in [1.29, 1.82) is 0 Å². The number of nitrogens with one attached hydrogen (secondary N) is 2. The third-order valence-corrected chi connectivity index (χ3v) is 9.13. The Morgan fingerprint density at radius 2 is 1.26 bits per heavy atom. The van der Waals surface area contributed by atoms with Gasteiger partial charge in [0.15, 0.2) is 40.6 Å². The standard InChI is InChI=1S/C40H45N3O11/c1-45-26-11-12-28-27(21-26)40(44)42-39(41-28)23-10-13-30(32(16-23)46-2)52-14-8-9-15-53-38-35(49-5)19-25(20-36(38)50-6)31-22-29(43-54-31)24-17-33(47-3)37(51-7)34(18-24)48-4/h10-13,16-21,31,39,41H,8-9,14-15,22H2,1-7H3,(H,42,44). The van der Waals surface area contributed by atoms with Crippen molar-refractivity contribution in [3.05, 3.63) is 82.9 Å². The molecule has 2 atom stereocenters. The van der Waals surface area contributed by atoms with Crippen LogP contribution in [0.25, 0.3) is 0 Å². The number of oxime groups is 1. The van der Waals surface area contributed by atoms with Crippen molar-refractivity contribution in [3.8, 4) is 51.7 Å². The molecule has 0 fully saturated rings. The Balaban J connectivity index is 1.02. The largest absolute Gasteiger partial charge is 0.497 e. The summed E-state index contributed by atoms with van der Waals surface area (Å²) in [6, 6.07) is 18.4. The van der Waals surface area contributed by atoms with E-state index < -0.39 is 6.17 Å². The molecule has 0 aliphatic carbocycles. The van der Waals surface area contributed by atoms with Gasteiger partial charge >= 0.3 is 0 Å². The Labute approximate surface area is 314 Å². The Bertz CT molecular complexity index is 1950. The van der Waals surface area contributed by atoms with E-state index in [0.29, 0.717) is 89.8 Å². The van der Waals surface area contributed by atoms with Gasteiger partial charge in [0.2, 0.25) is 11.5 Å². The first-order valence-electron chi connectivity index (χ1n) is 17.3. The van der Waals surface area contributed by atoms with Gasteiger partial charge in [-0.05, 0) is 73.0 Å². The lowest BCUT2D eigenvalue weighted by molar-refractivity contribution is 0.0852. The van der Waals surface area contributed by atoms with E-state index in [4.69, 9.17) is 47.5 Å². The van der Waals surface area contributed by atoms with E-state index in [2.05, 4.69) is 15.8 Å². The Morgan fingerprint density at radius 1 is 0.630 bits per heavy atom. The first-order chi connectivity index (χ1) is 26.3. The second-order valence-electron chi connectivity index (χ2n) is 12.3. The molecule has 0 saturated heterocycles. The number of hydrogen-bond donors (Lipinski definition) is 2. The zero-order valence-corrected chi connectivity index (χ0v) is 31.4. The van der Waals surface area contributed by atoms with Gasteiger partial charge in [0.1, 0.15) is 11.9 Å². The number of amides is 1. The number of unbranched alkanes of at least 4 members (excludes halogenated alkanes) is 1. The number of ether oxygens (including phenoxy) is 9. The van der Waals surface area contributed by atoms with Crippen LogP contribution in [0.5, 0.6) is 51.7 Å². The van der Waals surface area contributed by atoms with Crippen LogP contribution in [0.3, 0.4) is 0 Å². The molecule has 0 spiro atoms. The molecule has 0 aromatic heterocycles. The monoisotopic (exact) mass is 743 g/mol. The number of nitrogens with zero attached hydrogens (tertiary/aromatic N) is 1. The van der Waals surface area contributed by atoms with E-state index in [1.807, 2.05) is 54.6 Å². The van der Waals surface area contributed by atoms with Gasteiger partial charge in [0.05, 0.1) is 74.3 Å². The molecule has 0 saturated carbocycles. The van der Waals surface area contributed by atoms with Crippen LogP contribution >= 0.6 is 0 Å². The molecule has 2 unspecified atom stereocenters. The van der Waals surface area contributed by atoms with E-state index in [1.165, 1.54) is 0 Å². The molecule has 54 heavy (non-hydrogen) atoms. The third-order valence-electron chi connectivity index (χ3n) is 9.13. The van der Waals surface area contributed by atoms with Gasteiger partial charge in [-0.1, -0.05) is 11.2 Å². The molecule has 2 N–H and O–H groups in total. The number of methoxy groups -OCH3 is 7. The maximum Gasteiger partial charge on any atom is 0.255 e. The fraction of sp³-hybridized carbons (Fsp3) is 0.350. The molecule has 14 nitrogen and oxygen atoms in total. The van der Waals surface area contributed by atoms with Gasteiger partial charge in [-0.25, -0.2) is 0 Å². The highest BCUT2D eigenvalue weighted by molar-refractivity contribution is 6.03. The van der Waals surface area contributed by atoms with Gasteiger partial charge in [-0.2, -0.15) is 0 Å². The lowest BCUT2D eigenvalue weighted by Gasteiger charge is -2.28. The molecule has 14 heteroatoms. The summed E-state index contributed by atoms with van der Waals surface area (Å²) in [5.74, 6) is 4.67. The van der Waals surface area contributed by atoms with Gasteiger partial charge in [0, 0.05) is 23.2 Å². The third kappa shape index (κ3) is 7.92. The number of anilines is 1. The van der Waals surface area contributed by atoms with E-state index >= 15 is 0 Å². The number of carbonyl (C=O) groups excluding carboxylic acids is 1. The second kappa shape index (κ2) is 17.1. The Kier molecular flexibility index (Phi) is 11.9. The average Bonchev–Trinajstić information content (AvgIpc) is 3.71. The summed E-state index contributed by atoms with van der Waals surface area (Å²) in [5.41, 5.74) is 4.41. The lowest BCUT2D eigenvalue weighted by atomic mass is 9.99. The predicted octanol–water partition coefficient (Wildman–Crippen LogP) is 6.70. The highest BCUT2D eigenvalue weighted by atomic mass is 16.6. The van der Waals surface area contributed by atoms with Gasteiger partial charge in [-0.15, -0.1) is 0 Å². The van der Waals surface area contributed by atoms with E-state index in [-0.39, 0.29) is 12.0 Å². The lowest BCUT2D eigenvalue weighted by Crippen LogP contribution is -2.38. The minimum atomic E-state index is -0.438. The summed E-state index contributed by atoms with van der Waals surface area (Å²) in [6.07, 6.45) is 1.10. The number of hydrogen-bond acceptors (Lipinski definition) is 13. The van der Waals surface area contributed by atoms with Crippen LogP contribution in [0.4, 0.5) is 5.69 Å². The minimum absolute atomic E-state index is 0.194. The molecule has 2 heterocycles. The number of fused-ring (bicyclic) bond motifs is 1. The van der Waals surface area contributed by atoms with Gasteiger partial charge < -0.3 is 58.1 Å². The molecule has 0 bridgehead atoms. The van der Waals surface area contributed by atoms with Crippen LogP contribution < -0.4 is 53.3 Å². The highest BCUT2D eigenvalue weighted by Gasteiger charge is 2.29. The predicted molar refractivity (Wildman–Crippen MR) is 201 cm³/mol. The number of carbonyl (C=O) groups is 1. The number of benzene rings is 4. The topological polar surface area (TPSA) is 146 Å². The fourth-order valence-corrected chi connectivity index (χ4v) is 6.28. The second-order valence-corrected chi connectivity index (χ2v) is 12.3. The minimum Gasteiger partial charge on any atom is -0.497 e. The molecular formula is C40H45N3O11. The molecular weight excluding hydrogens is 698 g/mol. The molecule has 4 aromatic rings. The van der Waals surface area contributed by atoms with Crippen molar-refractivity contribution in [1.82, 2.24) is 5.32 Å². The average molecular weight is 744 g/mol. The smallest absolute Gasteiger partial charge is 0.255 e. The van der Waals surface area contributed by atoms with Crippen LogP contribution in [0.1, 0.15) is 58.6 Å². The summed E-state index contributed by atoms with van der Waals surface area (Å²) in [5, 5.41) is 10.7. The first-order valence-corrected chi connectivity index (χ1v) is 17.3. The highest BCUT2D eigenvalue weighted by Crippen LogP contribution is 2.44. The molecule has 286 valence electrons. The zero-order chi connectivity index (χ0) is 38.2. The van der Waals surface area contributed by atoms with Crippen LogP contribution in [0.2, 0.25) is 0 Å². The van der Waals surface area contributed by atoms with Crippen molar-refractivity contribution < 1.29 is 52.3 Å². The quantitative estimate of drug-likeness (QED) is 0.111. The summed E-state index contributed by atoms with van der Waals surface area (Å²) in [4.78, 5) is 18.7. The fourth-order valence-electron chi connectivity index (χ4n) is 6.28. The van der Waals surface area contributed by atoms with Crippen LogP contribution in [0.15, 0.2) is 65.8 Å². The first kappa shape index (κ1) is 37.6. The van der Waals surface area contributed by atoms with Crippen molar-refractivity contribution in [2.24, 2.45) is 5.16 Å². The molecule has 2 aliphatic heterocycles. The summed E-state index contributed by atoms with van der Waals surface area (Å²) < 4.78 is 51.0. The van der Waals surface area contributed by atoms with Crippen molar-refractivity contribution in [3.63, 3.8) is 0 Å². The SMILES string of the molecule is COc1ccc2c(c1)C(=O)NC(c1ccc(OCCCCOc3c(OC)cc(C4CC(c5cc(OC)c(OC)c(OC)c5)=NO4)cc3OC)c(OC)c1)N2. The van der Waals surface area contributed by atoms with Crippen molar-refractivity contribution in [2.75, 3.05) is 68.3 Å². The summed E-state index contributed by atoms with van der Waals surface area (Å²) >= 11 is 0. The summed E-state index contributed by atoms with van der Waals surface area (Å²) in [6.45, 7) is 0.841. The molecule has 6 rings (SSSR count). The maximum atomic E-state index is 12.8. The number of rotatable bonds is 17. The van der Waals surface area contributed by atoms with Crippen molar-refractivity contribution >= 4 is 17.3 Å². The van der Waals surface area contributed by atoms with Gasteiger partial charge in [0.25, 0.3) is 5.91 Å². The van der Waals surface area contributed by atoms with E-state index in [0.717, 1.165) is 28.1 Å². The Hall–Kier alpha value is -6.18. The van der Waals surface area contributed by atoms with Crippen LogP contribution in [-0.4, -0.2) is 74.6 Å². The Morgan fingerprint density at radius 3 is 1.89 bits per heavy atom. The zero-order valence-electron chi connectivity index (χ0n) is 31.4. The molecule has 0 radical (unpaired) electrons. The van der Waals surface area contributed by atoms with Crippen LogP contribution in [0, 0.1) is 0 Å². The normalized spacial score (nSPS) is 15.8. The van der Waals surface area contributed by atoms with E-state index in [1.54, 1.807) is 55.8 Å².